The normalized spacial score (nSPS) is 19.0. The van der Waals surface area contributed by atoms with E-state index in [9.17, 15) is 9.59 Å². The molecule has 1 aliphatic rings. The first kappa shape index (κ1) is 16.8. The highest BCUT2D eigenvalue weighted by atomic mass is 35.5. The number of nitrogens with two attached hydrogens (primary N) is 1. The first-order valence-electron chi connectivity index (χ1n) is 7.91. The van der Waals surface area contributed by atoms with Crippen molar-refractivity contribution in [1.82, 2.24) is 14.8 Å². The quantitative estimate of drug-likeness (QED) is 0.877. The van der Waals surface area contributed by atoms with E-state index in [2.05, 4.69) is 4.98 Å². The topological polar surface area (TPSA) is 82.4 Å². The maximum absolute atomic E-state index is 12.7. The Kier molecular flexibility index (Phi) is 4.51. The molecular formula is C17H21ClN4O2. The van der Waals surface area contributed by atoms with Gasteiger partial charge in [-0.25, -0.2) is 0 Å². The average Bonchev–Trinajstić information content (AvgIpc) is 2.83. The second-order valence-corrected chi connectivity index (χ2v) is 6.77. The molecular weight excluding hydrogens is 328 g/mol. The van der Waals surface area contributed by atoms with Crippen molar-refractivity contribution >= 4 is 34.3 Å². The van der Waals surface area contributed by atoms with Crippen LogP contribution in [-0.4, -0.2) is 59.3 Å². The van der Waals surface area contributed by atoms with Gasteiger partial charge in [-0.2, -0.15) is 0 Å². The van der Waals surface area contributed by atoms with Crippen LogP contribution in [-0.2, 0) is 16.0 Å². The van der Waals surface area contributed by atoms with Crippen molar-refractivity contribution in [1.29, 1.82) is 0 Å². The van der Waals surface area contributed by atoms with Crippen LogP contribution in [0.1, 0.15) is 11.3 Å². The van der Waals surface area contributed by atoms with Crippen molar-refractivity contribution in [3.05, 3.63) is 34.5 Å². The summed E-state index contributed by atoms with van der Waals surface area (Å²) in [7, 11) is 1.85. The number of benzene rings is 1. The molecule has 7 heteroatoms. The van der Waals surface area contributed by atoms with Crippen LogP contribution in [0.3, 0.4) is 0 Å². The first-order chi connectivity index (χ1) is 11.4. The molecule has 2 amide bonds. The van der Waals surface area contributed by atoms with Gasteiger partial charge in [0, 0.05) is 41.3 Å². The molecule has 24 heavy (non-hydrogen) atoms. The number of aromatic amines is 1. The highest BCUT2D eigenvalue weighted by molar-refractivity contribution is 6.31. The van der Waals surface area contributed by atoms with Crippen molar-refractivity contribution in [2.45, 2.75) is 19.4 Å². The Labute approximate surface area is 145 Å². The molecule has 1 aliphatic heterocycles. The minimum atomic E-state index is -0.429. The predicted octanol–water partition coefficient (Wildman–Crippen LogP) is 1.30. The van der Waals surface area contributed by atoms with E-state index in [4.69, 9.17) is 17.3 Å². The largest absolute Gasteiger partial charge is 0.368 e. The molecule has 0 spiro atoms. The Morgan fingerprint density at radius 1 is 1.38 bits per heavy atom. The van der Waals surface area contributed by atoms with Gasteiger partial charge in [0.25, 0.3) is 0 Å². The number of carbonyl (C=O) groups is 2. The van der Waals surface area contributed by atoms with Crippen LogP contribution in [0.15, 0.2) is 18.2 Å². The van der Waals surface area contributed by atoms with Gasteiger partial charge in [0.1, 0.15) is 6.04 Å². The molecule has 3 rings (SSSR count). The number of nitrogens with one attached hydrogen (secondary N) is 1. The van der Waals surface area contributed by atoms with E-state index in [0.29, 0.717) is 24.7 Å². The van der Waals surface area contributed by atoms with Crippen LogP contribution in [0.25, 0.3) is 10.9 Å². The van der Waals surface area contributed by atoms with E-state index in [-0.39, 0.29) is 12.3 Å². The molecule has 1 aromatic heterocycles. The summed E-state index contributed by atoms with van der Waals surface area (Å²) in [4.78, 5) is 31.2. The van der Waals surface area contributed by atoms with E-state index in [1.165, 1.54) is 0 Å². The molecule has 0 bridgehead atoms. The fraction of sp³-hybridized carbons (Fsp3) is 0.412. The fourth-order valence-corrected chi connectivity index (χ4v) is 3.42. The minimum absolute atomic E-state index is 0.00155. The number of aryl methyl sites for hydroxylation is 1. The van der Waals surface area contributed by atoms with Crippen LogP contribution in [0.2, 0.25) is 5.02 Å². The zero-order valence-corrected chi connectivity index (χ0v) is 14.6. The van der Waals surface area contributed by atoms with E-state index in [0.717, 1.165) is 22.2 Å². The maximum Gasteiger partial charge on any atom is 0.236 e. The number of rotatable bonds is 3. The Hall–Kier alpha value is -2.05. The smallest absolute Gasteiger partial charge is 0.236 e. The summed E-state index contributed by atoms with van der Waals surface area (Å²) in [6.45, 7) is 3.53. The third-order valence-corrected chi connectivity index (χ3v) is 4.97. The Balaban J connectivity index is 1.81. The number of aromatic nitrogens is 1. The van der Waals surface area contributed by atoms with Gasteiger partial charge >= 0.3 is 0 Å². The number of carbonyl (C=O) groups excluding carboxylic acids is 2. The molecule has 1 atom stereocenters. The standard InChI is InChI=1S/C17H21ClN4O2/c1-10-12(13-7-11(18)3-4-14(13)20-10)8-16(23)22-6-5-21(2)15(9-22)17(19)24/h3-4,7,15,20H,5-6,8-9H2,1-2H3,(H2,19,24)/t15-/m1/s1. The van der Waals surface area contributed by atoms with Gasteiger partial charge in [0.2, 0.25) is 11.8 Å². The first-order valence-corrected chi connectivity index (χ1v) is 8.28. The van der Waals surface area contributed by atoms with Crippen LogP contribution in [0.4, 0.5) is 0 Å². The lowest BCUT2D eigenvalue weighted by Crippen LogP contribution is -2.58. The number of H-pyrrole nitrogens is 1. The summed E-state index contributed by atoms with van der Waals surface area (Å²) in [6, 6.07) is 5.18. The fourth-order valence-electron chi connectivity index (χ4n) is 3.25. The maximum atomic E-state index is 12.7. The molecule has 0 saturated carbocycles. The number of piperazine rings is 1. The summed E-state index contributed by atoms with van der Waals surface area (Å²) < 4.78 is 0. The van der Waals surface area contributed by atoms with Crippen molar-refractivity contribution in [3.8, 4) is 0 Å². The molecule has 0 aliphatic carbocycles. The van der Waals surface area contributed by atoms with Crippen molar-refractivity contribution in [2.24, 2.45) is 5.73 Å². The number of likely N-dealkylation sites (N-methyl/N-ethyl adjacent to an activating group) is 1. The number of amides is 2. The van der Waals surface area contributed by atoms with Crippen LogP contribution in [0.5, 0.6) is 0 Å². The zero-order valence-electron chi connectivity index (χ0n) is 13.8. The third kappa shape index (κ3) is 3.12. The molecule has 1 fully saturated rings. The second-order valence-electron chi connectivity index (χ2n) is 6.33. The molecule has 1 aromatic carbocycles. The van der Waals surface area contributed by atoms with E-state index >= 15 is 0 Å². The van der Waals surface area contributed by atoms with Gasteiger partial charge in [-0.3, -0.25) is 14.5 Å². The molecule has 2 heterocycles. The molecule has 2 aromatic rings. The monoisotopic (exact) mass is 348 g/mol. The SMILES string of the molecule is Cc1[nH]c2ccc(Cl)cc2c1CC(=O)N1CCN(C)[C@@H](C(N)=O)C1. The van der Waals surface area contributed by atoms with Crippen molar-refractivity contribution < 1.29 is 9.59 Å². The summed E-state index contributed by atoms with van der Waals surface area (Å²) in [5.41, 5.74) is 8.31. The molecule has 128 valence electrons. The Morgan fingerprint density at radius 3 is 2.83 bits per heavy atom. The molecule has 0 unspecified atom stereocenters. The van der Waals surface area contributed by atoms with Crippen LogP contribution in [0, 0.1) is 6.92 Å². The predicted molar refractivity (Wildman–Crippen MR) is 93.9 cm³/mol. The van der Waals surface area contributed by atoms with Crippen molar-refractivity contribution in [2.75, 3.05) is 26.7 Å². The number of hydrogen-bond acceptors (Lipinski definition) is 3. The zero-order chi connectivity index (χ0) is 17.4. The van der Waals surface area contributed by atoms with Gasteiger partial charge in [0.05, 0.1) is 6.42 Å². The van der Waals surface area contributed by atoms with E-state index in [1.54, 1.807) is 4.90 Å². The van der Waals surface area contributed by atoms with Gasteiger partial charge < -0.3 is 15.6 Å². The van der Waals surface area contributed by atoms with Crippen LogP contribution >= 0.6 is 11.6 Å². The summed E-state index contributed by atoms with van der Waals surface area (Å²) in [5.74, 6) is -0.400. The number of fused-ring (bicyclic) bond motifs is 1. The Morgan fingerprint density at radius 2 is 2.12 bits per heavy atom. The van der Waals surface area contributed by atoms with Gasteiger partial charge in [-0.15, -0.1) is 0 Å². The van der Waals surface area contributed by atoms with Gasteiger partial charge in [-0.05, 0) is 37.7 Å². The Bertz CT molecular complexity index is 801. The summed E-state index contributed by atoms with van der Waals surface area (Å²) in [6.07, 6.45) is 0.279. The number of primary amides is 1. The molecule has 6 nitrogen and oxygen atoms in total. The van der Waals surface area contributed by atoms with E-state index in [1.807, 2.05) is 37.1 Å². The minimum Gasteiger partial charge on any atom is -0.368 e. The molecule has 1 saturated heterocycles. The highest BCUT2D eigenvalue weighted by Gasteiger charge is 2.31. The van der Waals surface area contributed by atoms with Gasteiger partial charge in [-0.1, -0.05) is 11.6 Å². The lowest BCUT2D eigenvalue weighted by molar-refractivity contribution is -0.135. The average molecular weight is 349 g/mol. The lowest BCUT2D eigenvalue weighted by atomic mass is 10.1. The lowest BCUT2D eigenvalue weighted by Gasteiger charge is -2.37. The summed E-state index contributed by atoms with van der Waals surface area (Å²) in [5, 5.41) is 1.61. The number of nitrogens with zero attached hydrogens (tertiary/aromatic N) is 2. The molecule has 0 radical (unpaired) electrons. The van der Waals surface area contributed by atoms with E-state index < -0.39 is 11.9 Å². The van der Waals surface area contributed by atoms with Gasteiger partial charge in [0.15, 0.2) is 0 Å². The number of hydrogen-bond donors (Lipinski definition) is 2. The van der Waals surface area contributed by atoms with Crippen molar-refractivity contribution in [3.63, 3.8) is 0 Å². The third-order valence-electron chi connectivity index (χ3n) is 4.74. The van der Waals surface area contributed by atoms with Crippen LogP contribution < -0.4 is 5.73 Å². The molecule has 3 N–H and O–H groups in total. The summed E-state index contributed by atoms with van der Waals surface area (Å²) >= 11 is 6.09. The number of halogens is 1. The highest BCUT2D eigenvalue weighted by Crippen LogP contribution is 2.26. The second kappa shape index (κ2) is 6.45.